The molecule has 1 aliphatic heterocycles. The number of nitrogens with two attached hydrogens (primary N) is 1. The molecule has 0 aliphatic carbocycles. The number of carbonyl (C=O) groups excluding carboxylic acids is 2. The van der Waals surface area contributed by atoms with E-state index in [1.807, 2.05) is 25.4 Å². The molecule has 0 spiro atoms. The summed E-state index contributed by atoms with van der Waals surface area (Å²) in [5.74, 6) is -1.28. The second-order valence-electron chi connectivity index (χ2n) is 5.70. The van der Waals surface area contributed by atoms with Crippen molar-refractivity contribution >= 4 is 17.6 Å². The molecule has 2 amide bonds. The number of imide groups is 1. The predicted molar refractivity (Wildman–Crippen MR) is 90.5 cm³/mol. The number of benzene rings is 1. The van der Waals surface area contributed by atoms with E-state index in [0.717, 1.165) is 17.3 Å². The van der Waals surface area contributed by atoms with Gasteiger partial charge in [-0.3, -0.25) is 28.9 Å². The van der Waals surface area contributed by atoms with Crippen LogP contribution < -0.4 is 16.6 Å². The summed E-state index contributed by atoms with van der Waals surface area (Å²) in [6, 6.07) is 10.0. The molecule has 8 nitrogen and oxygen atoms in total. The first kappa shape index (κ1) is 14.9. The molecular formula is C17H13N5O3. The van der Waals surface area contributed by atoms with E-state index in [-0.39, 0.29) is 16.9 Å². The van der Waals surface area contributed by atoms with Crippen LogP contribution in [0.5, 0.6) is 0 Å². The van der Waals surface area contributed by atoms with E-state index >= 15 is 0 Å². The standard InChI is InChI=1S/C17H13N5O3/c1-21-6-5-12(20-21)9-3-2-4-10(7-9)22-13(23)8-11-14(15(22)18)17(25)19-16(11)24/h2-8H,18H2,1H3,(H,19,24,25). The smallest absolute Gasteiger partial charge is 0.262 e. The number of aromatic nitrogens is 3. The van der Waals surface area contributed by atoms with Gasteiger partial charge in [-0.1, -0.05) is 12.1 Å². The van der Waals surface area contributed by atoms with Crippen molar-refractivity contribution in [2.75, 3.05) is 5.73 Å². The van der Waals surface area contributed by atoms with Crippen LogP contribution in [-0.2, 0) is 7.05 Å². The fraction of sp³-hybridized carbons (Fsp3) is 0.0588. The van der Waals surface area contributed by atoms with Gasteiger partial charge in [0, 0.05) is 24.9 Å². The second-order valence-corrected chi connectivity index (χ2v) is 5.70. The van der Waals surface area contributed by atoms with Gasteiger partial charge in [-0.2, -0.15) is 5.10 Å². The van der Waals surface area contributed by atoms with Crippen molar-refractivity contribution in [1.82, 2.24) is 19.7 Å². The SMILES string of the molecule is Cn1ccc(-c2cccc(-n3c(N)c4c(cc3=O)C(=O)NC4=O)c2)n1. The molecule has 3 N–H and O–H groups in total. The van der Waals surface area contributed by atoms with Crippen molar-refractivity contribution in [2.24, 2.45) is 7.05 Å². The van der Waals surface area contributed by atoms with Crippen molar-refractivity contribution in [2.45, 2.75) is 0 Å². The molecule has 25 heavy (non-hydrogen) atoms. The van der Waals surface area contributed by atoms with E-state index in [0.29, 0.717) is 5.69 Å². The zero-order valence-electron chi connectivity index (χ0n) is 13.2. The minimum atomic E-state index is -0.613. The number of amides is 2. The molecule has 1 aromatic carbocycles. The van der Waals surface area contributed by atoms with Gasteiger partial charge >= 0.3 is 0 Å². The van der Waals surface area contributed by atoms with Crippen molar-refractivity contribution < 1.29 is 9.59 Å². The monoisotopic (exact) mass is 335 g/mol. The molecule has 0 unspecified atom stereocenters. The van der Waals surface area contributed by atoms with Gasteiger partial charge in [0.05, 0.1) is 22.5 Å². The number of rotatable bonds is 2. The molecule has 3 aromatic rings. The number of carbonyl (C=O) groups is 2. The van der Waals surface area contributed by atoms with Crippen LogP contribution >= 0.6 is 0 Å². The number of hydrogen-bond donors (Lipinski definition) is 2. The van der Waals surface area contributed by atoms with Crippen LogP contribution in [0.25, 0.3) is 16.9 Å². The van der Waals surface area contributed by atoms with Crippen molar-refractivity contribution in [3.8, 4) is 16.9 Å². The lowest BCUT2D eigenvalue weighted by molar-refractivity contribution is 0.0880. The van der Waals surface area contributed by atoms with E-state index < -0.39 is 17.4 Å². The summed E-state index contributed by atoms with van der Waals surface area (Å²) in [6.07, 6.45) is 1.81. The fourth-order valence-corrected chi connectivity index (χ4v) is 2.92. The number of anilines is 1. The average Bonchev–Trinajstić information content (AvgIpc) is 3.12. The topological polar surface area (TPSA) is 112 Å². The Bertz CT molecular complexity index is 1110. The van der Waals surface area contributed by atoms with E-state index in [2.05, 4.69) is 10.4 Å². The van der Waals surface area contributed by atoms with E-state index in [9.17, 15) is 14.4 Å². The summed E-state index contributed by atoms with van der Waals surface area (Å²) in [5, 5.41) is 6.48. The quantitative estimate of drug-likeness (QED) is 0.670. The summed E-state index contributed by atoms with van der Waals surface area (Å²) in [4.78, 5) is 36.1. The van der Waals surface area contributed by atoms with Gasteiger partial charge in [-0.05, 0) is 18.2 Å². The van der Waals surface area contributed by atoms with Gasteiger partial charge in [0.25, 0.3) is 17.4 Å². The van der Waals surface area contributed by atoms with Crippen LogP contribution in [0.3, 0.4) is 0 Å². The highest BCUT2D eigenvalue weighted by Gasteiger charge is 2.31. The Hall–Kier alpha value is -3.68. The Kier molecular flexibility index (Phi) is 3.08. The van der Waals surface area contributed by atoms with Gasteiger partial charge in [-0.25, -0.2) is 0 Å². The molecular weight excluding hydrogens is 322 g/mol. The van der Waals surface area contributed by atoms with Crippen molar-refractivity contribution in [1.29, 1.82) is 0 Å². The van der Waals surface area contributed by atoms with Crippen LogP contribution in [0, 0.1) is 0 Å². The van der Waals surface area contributed by atoms with Crippen LogP contribution in [-0.4, -0.2) is 26.2 Å². The van der Waals surface area contributed by atoms with Gasteiger partial charge in [-0.15, -0.1) is 0 Å². The van der Waals surface area contributed by atoms with Crippen molar-refractivity contribution in [3.63, 3.8) is 0 Å². The third kappa shape index (κ3) is 2.23. The van der Waals surface area contributed by atoms with Gasteiger partial charge in [0.1, 0.15) is 5.82 Å². The highest BCUT2D eigenvalue weighted by molar-refractivity contribution is 6.23. The van der Waals surface area contributed by atoms with Crippen LogP contribution in [0.1, 0.15) is 20.7 Å². The molecule has 0 radical (unpaired) electrons. The van der Waals surface area contributed by atoms with E-state index in [1.54, 1.807) is 22.9 Å². The molecule has 1 aliphatic rings. The molecule has 4 rings (SSSR count). The van der Waals surface area contributed by atoms with Crippen LogP contribution in [0.15, 0.2) is 47.4 Å². The highest BCUT2D eigenvalue weighted by atomic mass is 16.2. The number of nitrogen functional groups attached to an aromatic ring is 1. The fourth-order valence-electron chi connectivity index (χ4n) is 2.92. The first-order valence-electron chi connectivity index (χ1n) is 7.47. The lowest BCUT2D eigenvalue weighted by Gasteiger charge is -2.12. The van der Waals surface area contributed by atoms with Crippen LogP contribution in [0.2, 0.25) is 0 Å². The summed E-state index contributed by atoms with van der Waals surface area (Å²) >= 11 is 0. The molecule has 2 aromatic heterocycles. The Labute approximate surface area is 141 Å². The third-order valence-electron chi connectivity index (χ3n) is 4.07. The molecule has 0 bridgehead atoms. The molecule has 124 valence electrons. The Balaban J connectivity index is 1.92. The van der Waals surface area contributed by atoms with Gasteiger partial charge in [0.2, 0.25) is 0 Å². The van der Waals surface area contributed by atoms with Crippen molar-refractivity contribution in [3.05, 3.63) is 64.1 Å². The van der Waals surface area contributed by atoms with Gasteiger partial charge < -0.3 is 5.73 Å². The Morgan fingerprint density at radius 3 is 2.60 bits per heavy atom. The number of nitrogens with zero attached hydrogens (tertiary/aromatic N) is 3. The zero-order chi connectivity index (χ0) is 17.7. The predicted octanol–water partition coefficient (Wildman–Crippen LogP) is 0.704. The number of hydrogen-bond acceptors (Lipinski definition) is 5. The minimum absolute atomic E-state index is 0.00429. The third-order valence-corrected chi connectivity index (χ3v) is 4.07. The van der Waals surface area contributed by atoms with Gasteiger partial charge in [0.15, 0.2) is 0 Å². The maximum absolute atomic E-state index is 12.5. The lowest BCUT2D eigenvalue weighted by Crippen LogP contribution is -2.24. The molecule has 0 fully saturated rings. The molecule has 3 heterocycles. The zero-order valence-corrected chi connectivity index (χ0v) is 13.2. The Morgan fingerprint density at radius 1 is 1.08 bits per heavy atom. The lowest BCUT2D eigenvalue weighted by atomic mass is 10.1. The first-order chi connectivity index (χ1) is 12.0. The number of nitrogens with one attached hydrogen (secondary N) is 1. The molecule has 0 atom stereocenters. The second kappa shape index (κ2) is 5.17. The summed E-state index contributed by atoms with van der Waals surface area (Å²) in [5.41, 5.74) is 7.61. The Morgan fingerprint density at radius 2 is 1.88 bits per heavy atom. The van der Waals surface area contributed by atoms with Crippen LogP contribution in [0.4, 0.5) is 5.82 Å². The maximum Gasteiger partial charge on any atom is 0.262 e. The van der Waals surface area contributed by atoms with E-state index in [4.69, 9.17) is 5.73 Å². The number of fused-ring (bicyclic) bond motifs is 1. The average molecular weight is 335 g/mol. The normalized spacial score (nSPS) is 13.0. The maximum atomic E-state index is 12.5. The minimum Gasteiger partial charge on any atom is -0.384 e. The summed E-state index contributed by atoms with van der Waals surface area (Å²) in [6.45, 7) is 0. The largest absolute Gasteiger partial charge is 0.384 e. The molecule has 0 saturated heterocycles. The summed E-state index contributed by atoms with van der Waals surface area (Å²) in [7, 11) is 1.81. The molecule has 8 heteroatoms. The first-order valence-corrected chi connectivity index (χ1v) is 7.47. The highest BCUT2D eigenvalue weighted by Crippen LogP contribution is 2.25. The van der Waals surface area contributed by atoms with E-state index in [1.165, 1.54) is 4.57 Å². The molecule has 0 saturated carbocycles. The number of pyridine rings is 1. The summed E-state index contributed by atoms with van der Waals surface area (Å²) < 4.78 is 2.89. The number of aryl methyl sites for hydroxylation is 1.